The van der Waals surface area contributed by atoms with Crippen molar-refractivity contribution in [1.29, 1.82) is 0 Å². The largest absolute Gasteiger partial charge is 0.0843 e. The van der Waals surface area contributed by atoms with Gasteiger partial charge in [0.25, 0.3) is 0 Å². The lowest BCUT2D eigenvalue weighted by Crippen LogP contribution is -2.27. The van der Waals surface area contributed by atoms with E-state index < -0.39 is 0 Å². The van der Waals surface area contributed by atoms with E-state index in [0.717, 1.165) is 5.02 Å². The van der Waals surface area contributed by atoms with Crippen molar-refractivity contribution in [2.24, 2.45) is 0 Å². The summed E-state index contributed by atoms with van der Waals surface area (Å²) in [7, 11) is 0. The molecule has 8 aromatic carbocycles. The molecule has 0 bridgehead atoms. The maximum absolute atomic E-state index is 7.18. The number of rotatable bonds is 45. The first kappa shape index (κ1) is 76.7. The molecule has 0 amide bonds. The molecule has 0 aromatic heterocycles. The molecule has 0 saturated heterocycles. The highest BCUT2D eigenvalue weighted by Crippen LogP contribution is 2.63. The third-order valence-electron chi connectivity index (χ3n) is 26.4. The third kappa shape index (κ3) is 16.6. The molecule has 0 fully saturated rings. The standard InChI is InChI=1S/C102H133Cl/c1-9-15-21-27-33-41-63-100(64-42-34-28-22-16-10-2)91-48-40-39-47-83(91)86-60-56-81(72-94(86)100)80-55-59-85-84-58-53-78(69-92(84)99(7,8)93(85)70-80)76-49-51-77(52-50-76)79-54-61-87-89-74-98-90(75-97(89)101(95(87)71-79,65-43-35-29-23-17-11-3)66-44-36-30-24-18-12-4)88-62-57-82(103)73-96(88)102(98,67-45-37-31-25-19-13-5)68-46-38-32-26-20-14-6/h39-40,47-62,69-75H,9-38,41-46,63-68H2,1-8H3. The second-order valence-corrected chi connectivity index (χ2v) is 34.2. The second kappa shape index (κ2) is 36.6. The first-order chi connectivity index (χ1) is 50.5. The Labute approximate surface area is 633 Å². The quantitative estimate of drug-likeness (QED) is 0.0334. The van der Waals surface area contributed by atoms with Crippen LogP contribution in [0.25, 0.3) is 77.9 Å². The van der Waals surface area contributed by atoms with Crippen LogP contribution >= 0.6 is 11.6 Å². The third-order valence-corrected chi connectivity index (χ3v) is 26.6. The molecular weight excluding hydrogens is 1260 g/mol. The second-order valence-electron chi connectivity index (χ2n) is 33.8. The SMILES string of the molecule is CCCCCCCCC1(CCCCCCCC)c2ccccc2-c2ccc(-c3ccc4c(c3)C(C)(C)c3cc(-c5ccc(-c6ccc7c(c6)C(CCCCCCCC)(CCCCCCCC)c6cc8c(cc6-7)C(CCCCCCCC)(CCCCCCCC)c6cc(Cl)ccc6-8)cc5)ccc3-4)cc21. The highest BCUT2D eigenvalue weighted by molar-refractivity contribution is 6.30. The summed E-state index contributed by atoms with van der Waals surface area (Å²) in [4.78, 5) is 0. The minimum atomic E-state index is -0.150. The number of unbranched alkanes of at least 4 members (excludes halogenated alkanes) is 30. The Morgan fingerprint density at radius 2 is 0.437 bits per heavy atom. The van der Waals surface area contributed by atoms with Gasteiger partial charge >= 0.3 is 0 Å². The van der Waals surface area contributed by atoms with E-state index in [2.05, 4.69) is 207 Å². The van der Waals surface area contributed by atoms with Gasteiger partial charge in [0.05, 0.1) is 0 Å². The van der Waals surface area contributed by atoms with Gasteiger partial charge in [-0.15, -0.1) is 0 Å². The van der Waals surface area contributed by atoms with Gasteiger partial charge in [-0.2, -0.15) is 0 Å². The van der Waals surface area contributed by atoms with E-state index >= 15 is 0 Å². The van der Waals surface area contributed by atoms with Crippen molar-refractivity contribution in [3.63, 3.8) is 0 Å². The van der Waals surface area contributed by atoms with E-state index in [1.54, 1.807) is 27.8 Å². The Kier molecular flexibility index (Phi) is 27.2. The van der Waals surface area contributed by atoms with Gasteiger partial charge in [-0.3, -0.25) is 0 Å². The van der Waals surface area contributed by atoms with Crippen molar-refractivity contribution in [2.45, 2.75) is 347 Å². The Bertz CT molecular complexity index is 3980. The van der Waals surface area contributed by atoms with Gasteiger partial charge < -0.3 is 0 Å². The maximum atomic E-state index is 7.18. The zero-order chi connectivity index (χ0) is 71.7. The Hall–Kier alpha value is -5.95. The number of fused-ring (bicyclic) bond motifs is 12. The van der Waals surface area contributed by atoms with Crippen LogP contribution in [0.4, 0.5) is 0 Å². The summed E-state index contributed by atoms with van der Waals surface area (Å²) in [6, 6.07) is 62.3. The van der Waals surface area contributed by atoms with Crippen LogP contribution in [0, 0.1) is 0 Å². The Morgan fingerprint density at radius 1 is 0.204 bits per heavy atom. The van der Waals surface area contributed by atoms with Crippen molar-refractivity contribution in [3.05, 3.63) is 201 Å². The van der Waals surface area contributed by atoms with Crippen LogP contribution in [0.2, 0.25) is 5.02 Å². The lowest BCUT2D eigenvalue weighted by atomic mass is 9.68. The summed E-state index contributed by atoms with van der Waals surface area (Å²) in [5, 5.41) is 0.896. The molecule has 0 atom stereocenters. The summed E-state index contributed by atoms with van der Waals surface area (Å²) in [5.41, 5.74) is 32.0. The van der Waals surface area contributed by atoms with Crippen LogP contribution in [-0.2, 0) is 21.7 Å². The van der Waals surface area contributed by atoms with Gasteiger partial charge in [0.2, 0.25) is 0 Å². The number of benzene rings is 8. The minimum absolute atomic E-state index is 0.0288. The van der Waals surface area contributed by atoms with Gasteiger partial charge in [0, 0.05) is 26.7 Å². The van der Waals surface area contributed by atoms with Gasteiger partial charge in [-0.1, -0.05) is 401 Å². The predicted octanol–water partition coefficient (Wildman–Crippen LogP) is 33.0. The average Bonchev–Trinajstić information content (AvgIpc) is 1.53. The summed E-state index contributed by atoms with van der Waals surface area (Å²) in [5.74, 6) is 0. The average molecular weight is 1390 g/mol. The van der Waals surface area contributed by atoms with E-state index in [1.165, 1.54) is 364 Å². The lowest BCUT2D eigenvalue weighted by Gasteiger charge is -2.35. The molecule has 4 aliphatic rings. The molecule has 0 spiro atoms. The van der Waals surface area contributed by atoms with Crippen LogP contribution < -0.4 is 0 Å². The molecule has 0 saturated carbocycles. The smallest absolute Gasteiger partial charge is 0.0409 e. The van der Waals surface area contributed by atoms with Crippen LogP contribution in [-0.4, -0.2) is 0 Å². The van der Waals surface area contributed by atoms with Crippen LogP contribution in [0.15, 0.2) is 152 Å². The van der Waals surface area contributed by atoms with Crippen molar-refractivity contribution < 1.29 is 0 Å². The summed E-state index contributed by atoms with van der Waals surface area (Å²) in [6.07, 6.45) is 55.0. The number of hydrogen-bond acceptors (Lipinski definition) is 0. The van der Waals surface area contributed by atoms with E-state index in [9.17, 15) is 0 Å². The molecule has 0 unspecified atom stereocenters. The predicted molar refractivity (Wildman–Crippen MR) is 452 cm³/mol. The zero-order valence-electron chi connectivity index (χ0n) is 66.0. The Balaban J connectivity index is 0.861. The summed E-state index contributed by atoms with van der Waals surface area (Å²) < 4.78 is 0. The molecule has 1 heteroatoms. The molecule has 8 aromatic rings. The van der Waals surface area contributed by atoms with Gasteiger partial charge in [-0.25, -0.2) is 0 Å². The number of hydrogen-bond donors (Lipinski definition) is 0. The minimum Gasteiger partial charge on any atom is -0.0843 e. The summed E-state index contributed by atoms with van der Waals surface area (Å²) >= 11 is 7.18. The van der Waals surface area contributed by atoms with Gasteiger partial charge in [0.1, 0.15) is 0 Å². The number of halogens is 1. The van der Waals surface area contributed by atoms with E-state index in [-0.39, 0.29) is 21.7 Å². The highest BCUT2D eigenvalue weighted by atomic mass is 35.5. The van der Waals surface area contributed by atoms with Crippen LogP contribution in [0.1, 0.15) is 370 Å². The van der Waals surface area contributed by atoms with Crippen molar-refractivity contribution >= 4 is 11.6 Å². The fraction of sp³-hybridized carbons (Fsp3) is 0.529. The molecule has 12 rings (SSSR count). The fourth-order valence-electron chi connectivity index (χ4n) is 20.4. The molecule has 0 heterocycles. The molecule has 0 N–H and O–H groups in total. The lowest BCUT2D eigenvalue weighted by molar-refractivity contribution is 0.394. The highest BCUT2D eigenvalue weighted by Gasteiger charge is 2.49. The van der Waals surface area contributed by atoms with Gasteiger partial charge in [0.15, 0.2) is 0 Å². The topological polar surface area (TPSA) is 0 Å². The van der Waals surface area contributed by atoms with Crippen LogP contribution in [0.5, 0.6) is 0 Å². The van der Waals surface area contributed by atoms with Crippen molar-refractivity contribution in [1.82, 2.24) is 0 Å². The normalized spacial score (nSPS) is 14.8. The summed E-state index contributed by atoms with van der Waals surface area (Å²) in [6.45, 7) is 19.1. The molecule has 0 nitrogen and oxygen atoms in total. The van der Waals surface area contributed by atoms with Gasteiger partial charge in [-0.05, 0) is 209 Å². The van der Waals surface area contributed by atoms with E-state index in [1.807, 2.05) is 0 Å². The molecule has 4 aliphatic carbocycles. The molecule has 0 aliphatic heterocycles. The van der Waals surface area contributed by atoms with E-state index in [0.29, 0.717) is 0 Å². The Morgan fingerprint density at radius 3 is 0.786 bits per heavy atom. The zero-order valence-corrected chi connectivity index (χ0v) is 66.8. The first-order valence-electron chi connectivity index (χ1n) is 43.3. The molecule has 103 heavy (non-hydrogen) atoms. The van der Waals surface area contributed by atoms with Crippen molar-refractivity contribution in [3.8, 4) is 77.9 Å². The van der Waals surface area contributed by atoms with Crippen LogP contribution in [0.3, 0.4) is 0 Å². The fourth-order valence-corrected chi connectivity index (χ4v) is 20.6. The molecule has 0 radical (unpaired) electrons. The maximum Gasteiger partial charge on any atom is 0.0409 e. The monoisotopic (exact) mass is 1390 g/mol. The van der Waals surface area contributed by atoms with E-state index in [4.69, 9.17) is 11.6 Å². The van der Waals surface area contributed by atoms with Crippen molar-refractivity contribution in [2.75, 3.05) is 0 Å². The molecule has 548 valence electrons. The molecular formula is C102H133Cl. The first-order valence-corrected chi connectivity index (χ1v) is 43.7.